The van der Waals surface area contributed by atoms with E-state index in [1.54, 1.807) is 0 Å². The number of benzene rings is 9. The largest absolute Gasteiger partial charge is 0.307 e. The van der Waals surface area contributed by atoms with Gasteiger partial charge in [0.2, 0.25) is 5.95 Å². The van der Waals surface area contributed by atoms with Crippen LogP contribution in [0.25, 0.3) is 111 Å². The summed E-state index contributed by atoms with van der Waals surface area (Å²) >= 11 is 0. The lowest BCUT2D eigenvalue weighted by Gasteiger charge is -2.19. The van der Waals surface area contributed by atoms with E-state index in [0.29, 0.717) is 17.6 Å². The Bertz CT molecular complexity index is 3540. The Balaban J connectivity index is 1.34. The van der Waals surface area contributed by atoms with Crippen LogP contribution in [-0.2, 0) is 0 Å². The summed E-state index contributed by atoms with van der Waals surface area (Å²) in [5, 5.41) is 4.55. The standard InChI is InChI=1S/C57H37N5/c1-6-21-38(22-7-1)42-29-20-30-43(37-42)50-49(39-23-8-2-9-24-39)51-45-33-16-18-35-47(45)61(44-31-14-5-15-32-44)53(51)54-52(50)46-34-17-19-36-48(46)62(54)57-59-55(40-25-10-3-11-26-40)58-56(60-57)41-27-12-4-13-28-41/h1-37H. The van der Waals surface area contributed by atoms with E-state index in [1.165, 1.54) is 11.1 Å². The highest BCUT2D eigenvalue weighted by Gasteiger charge is 2.30. The van der Waals surface area contributed by atoms with Crippen LogP contribution < -0.4 is 0 Å². The third-order valence-corrected chi connectivity index (χ3v) is 11.9. The average molecular weight is 792 g/mol. The van der Waals surface area contributed by atoms with E-state index in [9.17, 15) is 0 Å². The van der Waals surface area contributed by atoms with Crippen molar-refractivity contribution in [2.24, 2.45) is 0 Å². The van der Waals surface area contributed by atoms with Gasteiger partial charge in [0.05, 0.1) is 22.1 Å². The quantitative estimate of drug-likeness (QED) is 0.162. The van der Waals surface area contributed by atoms with Crippen molar-refractivity contribution in [1.29, 1.82) is 0 Å². The molecule has 0 saturated carbocycles. The summed E-state index contributed by atoms with van der Waals surface area (Å²) in [6.07, 6.45) is 0. The molecule has 0 fully saturated rings. The van der Waals surface area contributed by atoms with Crippen molar-refractivity contribution >= 4 is 43.6 Å². The SMILES string of the molecule is c1ccc(-c2cccc(-c3c(-c4ccccc4)c4c5ccccc5n(-c5ccccc5)c4c4c3c3ccccc3n4-c3nc(-c4ccccc4)nc(-c4ccccc4)n3)c2)cc1. The number of rotatable bonds is 7. The summed E-state index contributed by atoms with van der Waals surface area (Å²) in [5.41, 5.74) is 14.1. The van der Waals surface area contributed by atoms with Crippen LogP contribution in [-0.4, -0.2) is 24.1 Å². The lowest BCUT2D eigenvalue weighted by molar-refractivity contribution is 0.953. The molecule has 9 aromatic carbocycles. The van der Waals surface area contributed by atoms with Crippen LogP contribution in [0.2, 0.25) is 0 Å². The Morgan fingerprint density at radius 3 is 1.26 bits per heavy atom. The fraction of sp³-hybridized carbons (Fsp3) is 0. The number of para-hydroxylation sites is 3. The second-order valence-corrected chi connectivity index (χ2v) is 15.6. The van der Waals surface area contributed by atoms with Gasteiger partial charge in [-0.1, -0.05) is 194 Å². The Morgan fingerprint density at radius 2 is 0.694 bits per heavy atom. The molecule has 5 nitrogen and oxygen atoms in total. The van der Waals surface area contributed by atoms with Crippen LogP contribution in [0.15, 0.2) is 224 Å². The van der Waals surface area contributed by atoms with Crippen LogP contribution in [0.5, 0.6) is 0 Å². The Morgan fingerprint density at radius 1 is 0.290 bits per heavy atom. The first-order chi connectivity index (χ1) is 30.8. The van der Waals surface area contributed by atoms with E-state index >= 15 is 0 Å². The van der Waals surface area contributed by atoms with Gasteiger partial charge in [-0.15, -0.1) is 0 Å². The molecule has 0 aliphatic heterocycles. The summed E-state index contributed by atoms with van der Waals surface area (Å²) < 4.78 is 4.74. The zero-order valence-electron chi connectivity index (χ0n) is 33.6. The van der Waals surface area contributed by atoms with Crippen molar-refractivity contribution in [1.82, 2.24) is 24.1 Å². The zero-order chi connectivity index (χ0) is 41.0. The first kappa shape index (κ1) is 35.5. The molecule has 0 aliphatic rings. The lowest BCUT2D eigenvalue weighted by Crippen LogP contribution is -2.07. The smallest absolute Gasteiger partial charge is 0.238 e. The van der Waals surface area contributed by atoms with E-state index < -0.39 is 0 Å². The Labute approximate surface area is 358 Å². The number of fused-ring (bicyclic) bond motifs is 7. The normalized spacial score (nSPS) is 11.5. The number of nitrogens with zero attached hydrogens (tertiary/aromatic N) is 5. The molecule has 3 heterocycles. The fourth-order valence-corrected chi connectivity index (χ4v) is 9.30. The fourth-order valence-electron chi connectivity index (χ4n) is 9.30. The van der Waals surface area contributed by atoms with E-state index in [1.807, 2.05) is 36.4 Å². The monoisotopic (exact) mass is 791 g/mol. The topological polar surface area (TPSA) is 48.5 Å². The van der Waals surface area contributed by atoms with Crippen molar-refractivity contribution in [3.63, 3.8) is 0 Å². The van der Waals surface area contributed by atoms with Crippen molar-refractivity contribution in [2.45, 2.75) is 0 Å². The minimum atomic E-state index is 0.548. The van der Waals surface area contributed by atoms with E-state index in [0.717, 1.165) is 82.7 Å². The second-order valence-electron chi connectivity index (χ2n) is 15.6. The molecule has 0 atom stereocenters. The Kier molecular flexibility index (Phi) is 8.42. The summed E-state index contributed by atoms with van der Waals surface area (Å²) in [7, 11) is 0. The van der Waals surface area contributed by atoms with Gasteiger partial charge in [-0.05, 0) is 52.6 Å². The summed E-state index contributed by atoms with van der Waals surface area (Å²) in [6, 6.07) is 79.3. The molecule has 0 radical (unpaired) electrons. The third kappa shape index (κ3) is 5.75. The second kappa shape index (κ2) is 14.7. The molecule has 12 rings (SSSR count). The van der Waals surface area contributed by atoms with Gasteiger partial charge < -0.3 is 4.57 Å². The minimum Gasteiger partial charge on any atom is -0.307 e. The van der Waals surface area contributed by atoms with Crippen LogP contribution >= 0.6 is 0 Å². The first-order valence-corrected chi connectivity index (χ1v) is 21.0. The van der Waals surface area contributed by atoms with Crippen molar-refractivity contribution in [2.75, 3.05) is 0 Å². The predicted molar refractivity (Wildman–Crippen MR) is 256 cm³/mol. The van der Waals surface area contributed by atoms with Crippen LogP contribution in [0.1, 0.15) is 0 Å². The third-order valence-electron chi connectivity index (χ3n) is 11.9. The molecule has 0 bridgehead atoms. The van der Waals surface area contributed by atoms with E-state index in [-0.39, 0.29) is 0 Å². The first-order valence-electron chi connectivity index (χ1n) is 21.0. The van der Waals surface area contributed by atoms with Crippen LogP contribution in [0.3, 0.4) is 0 Å². The zero-order valence-corrected chi connectivity index (χ0v) is 33.6. The molecule has 0 spiro atoms. The van der Waals surface area contributed by atoms with Crippen molar-refractivity contribution in [3.8, 4) is 67.8 Å². The molecule has 0 N–H and O–H groups in total. The molecule has 0 unspecified atom stereocenters. The van der Waals surface area contributed by atoms with Crippen LogP contribution in [0.4, 0.5) is 0 Å². The van der Waals surface area contributed by atoms with Crippen molar-refractivity contribution in [3.05, 3.63) is 224 Å². The molecule has 12 aromatic rings. The summed E-state index contributed by atoms with van der Waals surface area (Å²) in [6.45, 7) is 0. The number of hydrogen-bond donors (Lipinski definition) is 0. The maximum Gasteiger partial charge on any atom is 0.238 e. The highest BCUT2D eigenvalue weighted by molar-refractivity contribution is 6.33. The van der Waals surface area contributed by atoms with Gasteiger partial charge >= 0.3 is 0 Å². The molecule has 290 valence electrons. The molecule has 5 heteroatoms. The maximum absolute atomic E-state index is 5.40. The average Bonchev–Trinajstić information content (AvgIpc) is 3.88. The molecule has 0 amide bonds. The number of aromatic nitrogens is 5. The lowest BCUT2D eigenvalue weighted by atomic mass is 9.86. The van der Waals surface area contributed by atoms with Gasteiger partial charge in [-0.2, -0.15) is 9.97 Å². The minimum absolute atomic E-state index is 0.548. The molecular weight excluding hydrogens is 755 g/mol. The predicted octanol–water partition coefficient (Wildman–Crippen LogP) is 14.4. The Hall–Kier alpha value is -8.41. The van der Waals surface area contributed by atoms with Gasteiger partial charge in [0.25, 0.3) is 0 Å². The van der Waals surface area contributed by atoms with Gasteiger partial charge in [0.15, 0.2) is 11.6 Å². The summed E-state index contributed by atoms with van der Waals surface area (Å²) in [4.78, 5) is 15.9. The molecule has 0 aliphatic carbocycles. The van der Waals surface area contributed by atoms with Gasteiger partial charge in [-0.3, -0.25) is 4.57 Å². The highest BCUT2D eigenvalue weighted by Crippen LogP contribution is 2.52. The van der Waals surface area contributed by atoms with Crippen molar-refractivity contribution < 1.29 is 0 Å². The van der Waals surface area contributed by atoms with Gasteiger partial charge in [0.1, 0.15) is 0 Å². The highest BCUT2D eigenvalue weighted by atomic mass is 15.2. The maximum atomic E-state index is 5.40. The van der Waals surface area contributed by atoms with E-state index in [4.69, 9.17) is 15.0 Å². The van der Waals surface area contributed by atoms with E-state index in [2.05, 4.69) is 197 Å². The van der Waals surface area contributed by atoms with Gasteiger partial charge in [-0.25, -0.2) is 4.98 Å². The molecule has 62 heavy (non-hydrogen) atoms. The molecule has 0 saturated heterocycles. The van der Waals surface area contributed by atoms with Gasteiger partial charge in [0, 0.05) is 49.5 Å². The number of hydrogen-bond acceptors (Lipinski definition) is 3. The molecule has 3 aromatic heterocycles. The molecular formula is C57H37N5. The van der Waals surface area contributed by atoms with Crippen LogP contribution in [0, 0.1) is 0 Å². The summed E-state index contributed by atoms with van der Waals surface area (Å²) in [5.74, 6) is 1.76.